The molecule has 2 saturated heterocycles. The molecule has 0 saturated carbocycles. The molecule has 0 spiro atoms. The van der Waals surface area contributed by atoms with Gasteiger partial charge in [-0.05, 0) is 30.5 Å². The van der Waals surface area contributed by atoms with Crippen molar-refractivity contribution >= 4 is 23.4 Å². The third-order valence-electron chi connectivity index (χ3n) is 5.64. The summed E-state index contributed by atoms with van der Waals surface area (Å²) in [6.07, 6.45) is 1.45. The molecule has 0 bridgehead atoms. The summed E-state index contributed by atoms with van der Waals surface area (Å²) in [6.45, 7) is 9.00. The van der Waals surface area contributed by atoms with E-state index in [4.69, 9.17) is 11.6 Å². The molecule has 2 fully saturated rings. The molecular weight excluding hydrogens is 350 g/mol. The second-order valence-corrected chi connectivity index (χ2v) is 8.00. The van der Waals surface area contributed by atoms with Gasteiger partial charge in [0.15, 0.2) is 0 Å². The average molecular weight is 378 g/mol. The summed E-state index contributed by atoms with van der Waals surface area (Å²) < 4.78 is 0. The molecule has 26 heavy (non-hydrogen) atoms. The maximum Gasteiger partial charge on any atom is 0.245 e. The first-order valence-electron chi connectivity index (χ1n) is 9.49. The quantitative estimate of drug-likeness (QED) is 0.792. The average Bonchev–Trinajstić information content (AvgIpc) is 2.63. The Morgan fingerprint density at radius 2 is 1.92 bits per heavy atom. The van der Waals surface area contributed by atoms with Crippen LogP contribution in [0.4, 0.5) is 0 Å². The maximum atomic E-state index is 12.8. The molecule has 0 aromatic heterocycles. The van der Waals surface area contributed by atoms with E-state index in [1.54, 1.807) is 4.90 Å². The number of hydrogen-bond acceptors (Lipinski definition) is 3. The van der Waals surface area contributed by atoms with Crippen molar-refractivity contribution in [2.24, 2.45) is 5.92 Å². The van der Waals surface area contributed by atoms with Gasteiger partial charge < -0.3 is 9.80 Å². The molecule has 1 aromatic carbocycles. The van der Waals surface area contributed by atoms with Gasteiger partial charge in [0.1, 0.15) is 12.2 Å². The van der Waals surface area contributed by atoms with Crippen LogP contribution in [0.1, 0.15) is 39.2 Å². The summed E-state index contributed by atoms with van der Waals surface area (Å²) in [5, 5.41) is 0.723. The summed E-state index contributed by atoms with van der Waals surface area (Å²) in [7, 11) is 0. The smallest absolute Gasteiger partial charge is 0.245 e. The molecule has 0 radical (unpaired) electrons. The minimum Gasteiger partial charge on any atom is -0.337 e. The van der Waals surface area contributed by atoms with Gasteiger partial charge in [-0.2, -0.15) is 0 Å². The largest absolute Gasteiger partial charge is 0.337 e. The zero-order valence-corrected chi connectivity index (χ0v) is 16.6. The van der Waals surface area contributed by atoms with Crippen molar-refractivity contribution in [2.45, 2.75) is 52.4 Å². The van der Waals surface area contributed by atoms with Crippen LogP contribution in [0.2, 0.25) is 5.02 Å². The molecule has 5 nitrogen and oxygen atoms in total. The molecule has 3 rings (SSSR count). The van der Waals surface area contributed by atoms with Gasteiger partial charge >= 0.3 is 0 Å². The van der Waals surface area contributed by atoms with Gasteiger partial charge in [0.05, 0.1) is 6.54 Å². The fourth-order valence-electron chi connectivity index (χ4n) is 3.89. The Balaban J connectivity index is 1.80. The third kappa shape index (κ3) is 3.89. The van der Waals surface area contributed by atoms with Gasteiger partial charge in [-0.15, -0.1) is 0 Å². The van der Waals surface area contributed by atoms with Crippen molar-refractivity contribution < 1.29 is 9.59 Å². The van der Waals surface area contributed by atoms with Crippen LogP contribution in [0.25, 0.3) is 0 Å². The number of hydrogen-bond donors (Lipinski definition) is 0. The van der Waals surface area contributed by atoms with E-state index in [1.807, 2.05) is 36.1 Å². The van der Waals surface area contributed by atoms with Crippen LogP contribution >= 0.6 is 11.6 Å². The molecule has 2 heterocycles. The lowest BCUT2D eigenvalue weighted by Gasteiger charge is -2.52. The second kappa shape index (κ2) is 7.97. The monoisotopic (exact) mass is 377 g/mol. The molecule has 142 valence electrons. The van der Waals surface area contributed by atoms with E-state index >= 15 is 0 Å². The Bertz CT molecular complexity index is 664. The van der Waals surface area contributed by atoms with E-state index in [2.05, 4.69) is 18.7 Å². The predicted octanol–water partition coefficient (Wildman–Crippen LogP) is 2.98. The zero-order valence-electron chi connectivity index (χ0n) is 15.8. The molecule has 2 amide bonds. The first kappa shape index (κ1) is 19.2. The molecule has 2 aliphatic heterocycles. The van der Waals surface area contributed by atoms with Gasteiger partial charge in [0.2, 0.25) is 11.8 Å². The van der Waals surface area contributed by atoms with Crippen LogP contribution < -0.4 is 0 Å². The van der Waals surface area contributed by atoms with Crippen LogP contribution in [0, 0.1) is 5.92 Å². The number of benzene rings is 1. The highest BCUT2D eigenvalue weighted by atomic mass is 35.5. The molecule has 2 aliphatic rings. The molecular formula is C20H28ClN3O2. The van der Waals surface area contributed by atoms with E-state index in [0.717, 1.165) is 31.1 Å². The molecule has 3 atom stereocenters. The second-order valence-electron chi connectivity index (χ2n) is 7.56. The maximum absolute atomic E-state index is 12.8. The number of carbonyl (C=O) groups excluding carboxylic acids is 2. The number of fused-ring (bicyclic) bond motifs is 1. The van der Waals surface area contributed by atoms with Crippen molar-refractivity contribution in [3.63, 3.8) is 0 Å². The Morgan fingerprint density at radius 1 is 1.23 bits per heavy atom. The van der Waals surface area contributed by atoms with E-state index in [1.165, 1.54) is 5.56 Å². The van der Waals surface area contributed by atoms with E-state index in [0.29, 0.717) is 18.9 Å². The minimum atomic E-state index is -0.390. The number of rotatable bonds is 5. The van der Waals surface area contributed by atoms with Crippen molar-refractivity contribution in [3.8, 4) is 0 Å². The molecule has 6 heteroatoms. The fourth-order valence-corrected chi connectivity index (χ4v) is 4.01. The lowest BCUT2D eigenvalue weighted by Crippen LogP contribution is -2.69. The van der Waals surface area contributed by atoms with Gasteiger partial charge in [-0.1, -0.05) is 44.0 Å². The predicted molar refractivity (Wildman–Crippen MR) is 103 cm³/mol. The molecule has 0 aliphatic carbocycles. The highest BCUT2D eigenvalue weighted by molar-refractivity contribution is 6.30. The normalized spacial score (nSPS) is 25.4. The highest BCUT2D eigenvalue weighted by Gasteiger charge is 2.45. The SMILES string of the molecule is CCC(C)CN1CC2N(Cc3ccc(Cl)cc3)CCC(=O)N2C(C)C1=O. The van der Waals surface area contributed by atoms with Gasteiger partial charge in [0, 0.05) is 31.1 Å². The first-order chi connectivity index (χ1) is 12.4. The molecule has 1 aromatic rings. The standard InChI is InChI=1S/C20H28ClN3O2/c1-4-14(2)11-23-13-18-22(12-16-5-7-17(21)8-6-16)10-9-19(25)24(18)15(3)20(23)26/h5-8,14-15,18H,4,9-13H2,1-3H3. The summed E-state index contributed by atoms with van der Waals surface area (Å²) >= 11 is 5.99. The van der Waals surface area contributed by atoms with Gasteiger partial charge in [0.25, 0.3) is 0 Å². The summed E-state index contributed by atoms with van der Waals surface area (Å²) in [4.78, 5) is 31.4. The fraction of sp³-hybridized carbons (Fsp3) is 0.600. The van der Waals surface area contributed by atoms with Gasteiger partial charge in [-0.3, -0.25) is 14.5 Å². The van der Waals surface area contributed by atoms with Crippen LogP contribution in [-0.2, 0) is 16.1 Å². The molecule has 3 unspecified atom stereocenters. The van der Waals surface area contributed by atoms with E-state index in [-0.39, 0.29) is 18.0 Å². The minimum absolute atomic E-state index is 0.0521. The summed E-state index contributed by atoms with van der Waals surface area (Å²) in [6, 6.07) is 7.45. The first-order valence-corrected chi connectivity index (χ1v) is 9.87. The van der Waals surface area contributed by atoms with Crippen molar-refractivity contribution in [3.05, 3.63) is 34.9 Å². The van der Waals surface area contributed by atoms with Gasteiger partial charge in [-0.25, -0.2) is 0 Å². The van der Waals surface area contributed by atoms with Crippen LogP contribution in [-0.4, -0.2) is 58.4 Å². The lowest BCUT2D eigenvalue weighted by molar-refractivity contribution is -0.169. The van der Waals surface area contributed by atoms with Crippen molar-refractivity contribution in [2.75, 3.05) is 19.6 Å². The summed E-state index contributed by atoms with van der Waals surface area (Å²) in [5.74, 6) is 0.622. The lowest BCUT2D eigenvalue weighted by atomic mass is 10.0. The van der Waals surface area contributed by atoms with Crippen LogP contribution in [0.3, 0.4) is 0 Å². The third-order valence-corrected chi connectivity index (χ3v) is 5.89. The van der Waals surface area contributed by atoms with Crippen LogP contribution in [0.5, 0.6) is 0 Å². The number of piperazine rings is 1. The zero-order chi connectivity index (χ0) is 18.8. The topological polar surface area (TPSA) is 43.9 Å². The van der Waals surface area contributed by atoms with Crippen molar-refractivity contribution in [1.82, 2.24) is 14.7 Å². The summed E-state index contributed by atoms with van der Waals surface area (Å²) in [5.41, 5.74) is 1.17. The Morgan fingerprint density at radius 3 is 2.58 bits per heavy atom. The van der Waals surface area contributed by atoms with Crippen molar-refractivity contribution in [1.29, 1.82) is 0 Å². The number of halogens is 1. The Kier molecular flexibility index (Phi) is 5.88. The molecule has 0 N–H and O–H groups in total. The number of nitrogens with zero attached hydrogens (tertiary/aromatic N) is 3. The number of carbonyl (C=O) groups is 2. The highest BCUT2D eigenvalue weighted by Crippen LogP contribution is 2.27. The van der Waals surface area contributed by atoms with Crippen LogP contribution in [0.15, 0.2) is 24.3 Å². The Hall–Kier alpha value is -1.59. The number of amides is 2. The Labute approximate surface area is 160 Å². The van der Waals surface area contributed by atoms with E-state index < -0.39 is 6.04 Å². The van der Waals surface area contributed by atoms with E-state index in [9.17, 15) is 9.59 Å².